The third-order valence-corrected chi connectivity index (χ3v) is 3.27. The molecule has 136 valence electrons. The van der Waals surface area contributed by atoms with Crippen LogP contribution in [0.3, 0.4) is 0 Å². The zero-order valence-electron chi connectivity index (χ0n) is 14.4. The van der Waals surface area contributed by atoms with Crippen molar-refractivity contribution in [3.8, 4) is 17.2 Å². The number of hydrogen-bond acceptors (Lipinski definition) is 6. The van der Waals surface area contributed by atoms with Gasteiger partial charge in [-0.2, -0.15) is 5.10 Å². The molecule has 0 saturated heterocycles. The molecule has 0 bridgehead atoms. The van der Waals surface area contributed by atoms with E-state index in [0.29, 0.717) is 35.0 Å². The summed E-state index contributed by atoms with van der Waals surface area (Å²) in [6, 6.07) is 11.7. The molecule has 3 N–H and O–H groups in total. The molecule has 7 nitrogen and oxygen atoms in total. The highest BCUT2D eigenvalue weighted by Gasteiger charge is 2.13. The molecule has 0 aliphatic rings. The van der Waals surface area contributed by atoms with Gasteiger partial charge in [0.15, 0.2) is 16.6 Å². The second kappa shape index (κ2) is 9.38. The molecule has 0 saturated carbocycles. The molecule has 0 spiro atoms. The van der Waals surface area contributed by atoms with Crippen molar-refractivity contribution in [3.63, 3.8) is 0 Å². The molecule has 0 aromatic heterocycles. The molecule has 0 atom stereocenters. The summed E-state index contributed by atoms with van der Waals surface area (Å²) in [5.74, 6) is 0.883. The third-order valence-electron chi connectivity index (χ3n) is 3.18. The third kappa shape index (κ3) is 5.45. The average molecular weight is 373 g/mol. The number of nitrogens with zero attached hydrogens (tertiary/aromatic N) is 1. The first-order chi connectivity index (χ1) is 12.5. The van der Waals surface area contributed by atoms with E-state index in [4.69, 9.17) is 19.9 Å². The summed E-state index contributed by atoms with van der Waals surface area (Å²) >= 11 is 4.66. The summed E-state index contributed by atoms with van der Waals surface area (Å²) < 4.78 is 16.0. The molecule has 8 heteroatoms. The first-order valence-electron chi connectivity index (χ1n) is 7.75. The molecular formula is C18H19N3O4S. The minimum absolute atomic E-state index is 0.0640. The van der Waals surface area contributed by atoms with Crippen molar-refractivity contribution in [2.24, 2.45) is 10.8 Å². The Balaban J connectivity index is 2.11. The van der Waals surface area contributed by atoms with Gasteiger partial charge in [0.2, 0.25) is 0 Å². The number of ether oxygens (including phenoxy) is 3. The highest BCUT2D eigenvalue weighted by molar-refractivity contribution is 7.80. The van der Waals surface area contributed by atoms with Gasteiger partial charge in [0.25, 0.3) is 0 Å². The number of rotatable bonds is 7. The van der Waals surface area contributed by atoms with Crippen LogP contribution in [0.4, 0.5) is 0 Å². The number of hydrogen-bond donors (Lipinski definition) is 2. The van der Waals surface area contributed by atoms with E-state index in [-0.39, 0.29) is 5.11 Å². The number of nitrogens with two attached hydrogens (primary N) is 1. The number of thiocarbonyl (C=S) groups is 1. The van der Waals surface area contributed by atoms with Crippen LogP contribution >= 0.6 is 12.2 Å². The lowest BCUT2D eigenvalue weighted by molar-refractivity contribution is 0.0729. The van der Waals surface area contributed by atoms with Crippen LogP contribution in [0.25, 0.3) is 0 Å². The van der Waals surface area contributed by atoms with Gasteiger partial charge < -0.3 is 19.9 Å². The van der Waals surface area contributed by atoms with Crippen LogP contribution in [0, 0.1) is 0 Å². The summed E-state index contributed by atoms with van der Waals surface area (Å²) in [6.45, 7) is 2.45. The highest BCUT2D eigenvalue weighted by atomic mass is 32.1. The molecule has 0 aliphatic carbocycles. The fourth-order valence-electron chi connectivity index (χ4n) is 2.03. The second-order valence-electron chi connectivity index (χ2n) is 4.99. The molecule has 2 aromatic rings. The number of hydrazone groups is 1. The lowest BCUT2D eigenvalue weighted by Crippen LogP contribution is -2.23. The van der Waals surface area contributed by atoms with Crippen LogP contribution < -0.4 is 25.4 Å². The van der Waals surface area contributed by atoms with Crippen molar-refractivity contribution in [1.82, 2.24) is 5.43 Å². The molecule has 26 heavy (non-hydrogen) atoms. The van der Waals surface area contributed by atoms with E-state index < -0.39 is 5.97 Å². The van der Waals surface area contributed by atoms with Crippen LogP contribution in [0.1, 0.15) is 22.8 Å². The summed E-state index contributed by atoms with van der Waals surface area (Å²) in [6.07, 6.45) is 1.51. The Morgan fingerprint density at radius 1 is 1.23 bits per heavy atom. The molecule has 2 aromatic carbocycles. The van der Waals surface area contributed by atoms with Gasteiger partial charge in [-0.1, -0.05) is 0 Å². The minimum Gasteiger partial charge on any atom is -0.494 e. The monoisotopic (exact) mass is 373 g/mol. The van der Waals surface area contributed by atoms with Crippen molar-refractivity contribution in [2.75, 3.05) is 13.7 Å². The largest absolute Gasteiger partial charge is 0.494 e. The average Bonchev–Trinajstić information content (AvgIpc) is 2.63. The molecule has 0 unspecified atom stereocenters. The highest BCUT2D eigenvalue weighted by Crippen LogP contribution is 2.28. The Bertz CT molecular complexity index is 807. The molecule has 0 radical (unpaired) electrons. The van der Waals surface area contributed by atoms with Crippen molar-refractivity contribution < 1.29 is 19.0 Å². The Kier molecular flexibility index (Phi) is 6.92. The maximum atomic E-state index is 12.3. The Morgan fingerprint density at radius 2 is 1.96 bits per heavy atom. The van der Waals surface area contributed by atoms with Crippen molar-refractivity contribution in [1.29, 1.82) is 0 Å². The topological polar surface area (TPSA) is 95.2 Å². The van der Waals surface area contributed by atoms with E-state index in [2.05, 4.69) is 22.7 Å². The SMILES string of the molecule is CCOc1ccc(C(=O)Oc2ccc(/C=N/NC(N)=S)cc2OC)cc1. The van der Waals surface area contributed by atoms with Gasteiger partial charge in [0, 0.05) is 0 Å². The number of carbonyl (C=O) groups is 1. The van der Waals surface area contributed by atoms with Crippen LogP contribution in [0.5, 0.6) is 17.2 Å². The number of benzene rings is 2. The normalized spacial score (nSPS) is 10.4. The van der Waals surface area contributed by atoms with Gasteiger partial charge in [0.05, 0.1) is 25.5 Å². The molecule has 0 amide bonds. The summed E-state index contributed by atoms with van der Waals surface area (Å²) in [4.78, 5) is 12.3. The molecule has 0 fully saturated rings. The van der Waals surface area contributed by atoms with Gasteiger partial charge in [-0.25, -0.2) is 4.79 Å². The van der Waals surface area contributed by atoms with E-state index >= 15 is 0 Å². The predicted octanol–water partition coefficient (Wildman–Crippen LogP) is 2.48. The maximum Gasteiger partial charge on any atom is 0.343 e. The van der Waals surface area contributed by atoms with Crippen LogP contribution in [-0.2, 0) is 0 Å². The molecule has 0 heterocycles. The van der Waals surface area contributed by atoms with Crippen molar-refractivity contribution >= 4 is 29.5 Å². The quantitative estimate of drug-likeness (QED) is 0.253. The lowest BCUT2D eigenvalue weighted by atomic mass is 10.2. The predicted molar refractivity (Wildman–Crippen MR) is 103 cm³/mol. The smallest absolute Gasteiger partial charge is 0.343 e. The zero-order valence-corrected chi connectivity index (χ0v) is 15.2. The Morgan fingerprint density at radius 3 is 2.58 bits per heavy atom. The van der Waals surface area contributed by atoms with Crippen LogP contribution in [0.2, 0.25) is 0 Å². The first-order valence-corrected chi connectivity index (χ1v) is 8.16. The van der Waals surface area contributed by atoms with Gasteiger partial charge in [-0.15, -0.1) is 0 Å². The van der Waals surface area contributed by atoms with Crippen LogP contribution in [0.15, 0.2) is 47.6 Å². The first kappa shape index (κ1) is 19.2. The zero-order chi connectivity index (χ0) is 18.9. The summed E-state index contributed by atoms with van der Waals surface area (Å²) in [5, 5.41) is 3.93. The fourth-order valence-corrected chi connectivity index (χ4v) is 2.08. The fraction of sp³-hybridized carbons (Fsp3) is 0.167. The summed E-state index contributed by atoms with van der Waals surface area (Å²) in [7, 11) is 1.48. The van der Waals surface area contributed by atoms with E-state index in [1.165, 1.54) is 13.3 Å². The molecule has 0 aliphatic heterocycles. The number of nitrogens with one attached hydrogen (secondary N) is 1. The Hall–Kier alpha value is -3.13. The van der Waals surface area contributed by atoms with E-state index in [9.17, 15) is 4.79 Å². The van der Waals surface area contributed by atoms with Crippen LogP contribution in [-0.4, -0.2) is 31.0 Å². The van der Waals surface area contributed by atoms with Gasteiger partial charge in [-0.05, 0) is 67.2 Å². The van der Waals surface area contributed by atoms with E-state index in [1.807, 2.05) is 6.92 Å². The summed E-state index contributed by atoms with van der Waals surface area (Å²) in [5.41, 5.74) is 8.86. The van der Waals surface area contributed by atoms with Crippen molar-refractivity contribution in [3.05, 3.63) is 53.6 Å². The minimum atomic E-state index is -0.497. The number of carbonyl (C=O) groups excluding carboxylic acids is 1. The number of methoxy groups -OCH3 is 1. The lowest BCUT2D eigenvalue weighted by Gasteiger charge is -2.10. The van der Waals surface area contributed by atoms with Gasteiger partial charge in [0.1, 0.15) is 5.75 Å². The van der Waals surface area contributed by atoms with E-state index in [1.54, 1.807) is 42.5 Å². The second-order valence-corrected chi connectivity index (χ2v) is 5.43. The number of esters is 1. The molecule has 2 rings (SSSR count). The maximum absolute atomic E-state index is 12.3. The van der Waals surface area contributed by atoms with Gasteiger partial charge in [-0.3, -0.25) is 5.43 Å². The molecular weight excluding hydrogens is 354 g/mol. The standard InChI is InChI=1S/C18H19N3O4S/c1-3-24-14-7-5-13(6-8-14)17(22)25-15-9-4-12(10-16(15)23-2)11-20-21-18(19)26/h4-11H,3H2,1-2H3,(H3,19,21,26)/b20-11+. The van der Waals surface area contributed by atoms with E-state index in [0.717, 1.165) is 0 Å². The Labute approximate surface area is 156 Å². The van der Waals surface area contributed by atoms with Crippen molar-refractivity contribution in [2.45, 2.75) is 6.92 Å². The van der Waals surface area contributed by atoms with Gasteiger partial charge >= 0.3 is 5.97 Å².